The standard InChI is InChI=1S/C20H22BrF3N2O3S/c1-19(2,3)16(26-18(28)29)14(25-17(27)15-9-12(21)10-30-15)8-11-6-4-5-7-13(11)20(22,23)24/h4-7,9-10,14,16,26H,8H2,1-3H3,(H,25,27)(H,28,29)/t14-,16?/m0/s1. The van der Waals surface area contributed by atoms with E-state index in [0.29, 0.717) is 9.35 Å². The van der Waals surface area contributed by atoms with Gasteiger partial charge in [0.2, 0.25) is 0 Å². The number of carboxylic acid groups (broad SMARTS) is 1. The molecule has 0 aliphatic heterocycles. The summed E-state index contributed by atoms with van der Waals surface area (Å²) < 4.78 is 41.1. The van der Waals surface area contributed by atoms with E-state index in [2.05, 4.69) is 26.6 Å². The van der Waals surface area contributed by atoms with Gasteiger partial charge in [0.25, 0.3) is 5.91 Å². The zero-order chi connectivity index (χ0) is 22.7. The fourth-order valence-corrected chi connectivity index (χ4v) is 4.52. The van der Waals surface area contributed by atoms with Gasteiger partial charge in [-0.2, -0.15) is 13.2 Å². The molecule has 2 aromatic rings. The Hall–Kier alpha value is -2.07. The highest BCUT2D eigenvalue weighted by Crippen LogP contribution is 2.33. The molecule has 0 spiro atoms. The van der Waals surface area contributed by atoms with E-state index in [4.69, 9.17) is 0 Å². The zero-order valence-corrected chi connectivity index (χ0v) is 18.9. The number of carbonyl (C=O) groups excluding carboxylic acids is 1. The van der Waals surface area contributed by atoms with E-state index in [1.54, 1.807) is 32.2 Å². The number of carbonyl (C=O) groups is 2. The Morgan fingerprint density at radius 2 is 1.80 bits per heavy atom. The Kier molecular flexibility index (Phi) is 7.57. The SMILES string of the molecule is CC(C)(C)C(NC(=O)O)[C@H](Cc1ccccc1C(F)(F)F)NC(=O)c1cc(Br)cs1. The Labute approximate surface area is 184 Å². The van der Waals surface area contributed by atoms with Crippen molar-refractivity contribution < 1.29 is 27.9 Å². The number of hydrogen-bond donors (Lipinski definition) is 3. The van der Waals surface area contributed by atoms with Crippen LogP contribution in [0.15, 0.2) is 40.2 Å². The smallest absolute Gasteiger partial charge is 0.416 e. The molecule has 5 nitrogen and oxygen atoms in total. The summed E-state index contributed by atoms with van der Waals surface area (Å²) >= 11 is 4.43. The Bertz CT molecular complexity index is 909. The third-order valence-corrected chi connectivity index (χ3v) is 6.17. The monoisotopic (exact) mass is 506 g/mol. The van der Waals surface area contributed by atoms with Gasteiger partial charge in [-0.1, -0.05) is 39.0 Å². The molecule has 0 radical (unpaired) electrons. The van der Waals surface area contributed by atoms with Crippen LogP contribution in [0.2, 0.25) is 0 Å². The number of hydrogen-bond acceptors (Lipinski definition) is 3. The van der Waals surface area contributed by atoms with Crippen LogP contribution in [-0.4, -0.2) is 29.2 Å². The first-order chi connectivity index (χ1) is 13.8. The minimum absolute atomic E-state index is 0.0240. The highest BCUT2D eigenvalue weighted by molar-refractivity contribution is 9.10. The molecular formula is C20H22BrF3N2O3S. The number of amides is 2. The molecule has 2 rings (SSSR count). The van der Waals surface area contributed by atoms with Crippen LogP contribution >= 0.6 is 27.3 Å². The van der Waals surface area contributed by atoms with Gasteiger partial charge < -0.3 is 15.7 Å². The van der Waals surface area contributed by atoms with Gasteiger partial charge in [0, 0.05) is 9.85 Å². The molecule has 1 aromatic carbocycles. The maximum Gasteiger partial charge on any atom is 0.416 e. The molecular weight excluding hydrogens is 485 g/mol. The molecule has 1 heterocycles. The summed E-state index contributed by atoms with van der Waals surface area (Å²) in [5.41, 5.74) is -1.52. The van der Waals surface area contributed by atoms with E-state index in [1.807, 2.05) is 0 Å². The first-order valence-electron chi connectivity index (χ1n) is 8.98. The van der Waals surface area contributed by atoms with Gasteiger partial charge in [-0.15, -0.1) is 11.3 Å². The van der Waals surface area contributed by atoms with Crippen LogP contribution in [0.4, 0.5) is 18.0 Å². The van der Waals surface area contributed by atoms with E-state index in [0.717, 1.165) is 6.07 Å². The summed E-state index contributed by atoms with van der Waals surface area (Å²) in [5.74, 6) is -0.485. The fraction of sp³-hybridized carbons (Fsp3) is 0.400. The van der Waals surface area contributed by atoms with Crippen molar-refractivity contribution in [1.29, 1.82) is 0 Å². The van der Waals surface area contributed by atoms with Crippen molar-refractivity contribution in [2.24, 2.45) is 5.41 Å². The molecule has 164 valence electrons. The van der Waals surface area contributed by atoms with E-state index in [1.165, 1.54) is 29.5 Å². The third kappa shape index (κ3) is 6.46. The van der Waals surface area contributed by atoms with E-state index in [-0.39, 0.29) is 12.0 Å². The van der Waals surface area contributed by atoms with E-state index < -0.39 is 41.2 Å². The van der Waals surface area contributed by atoms with Crippen molar-refractivity contribution in [3.8, 4) is 0 Å². The zero-order valence-electron chi connectivity index (χ0n) is 16.5. The van der Waals surface area contributed by atoms with Gasteiger partial charge in [0.1, 0.15) is 0 Å². The average molecular weight is 507 g/mol. The molecule has 0 saturated carbocycles. The number of alkyl halides is 3. The highest BCUT2D eigenvalue weighted by Gasteiger charge is 2.38. The van der Waals surface area contributed by atoms with Gasteiger partial charge >= 0.3 is 12.3 Å². The summed E-state index contributed by atoms with van der Waals surface area (Å²) in [6.07, 6.45) is -6.09. The lowest BCUT2D eigenvalue weighted by Crippen LogP contribution is -2.58. The van der Waals surface area contributed by atoms with Crippen molar-refractivity contribution in [3.63, 3.8) is 0 Å². The topological polar surface area (TPSA) is 78.4 Å². The second kappa shape index (κ2) is 9.38. The number of nitrogens with one attached hydrogen (secondary N) is 2. The molecule has 30 heavy (non-hydrogen) atoms. The van der Waals surface area contributed by atoms with Crippen molar-refractivity contribution >= 4 is 39.3 Å². The predicted octanol–water partition coefficient (Wildman–Crippen LogP) is 5.55. The second-order valence-electron chi connectivity index (χ2n) is 7.86. The van der Waals surface area contributed by atoms with Gasteiger partial charge in [-0.25, -0.2) is 4.79 Å². The van der Waals surface area contributed by atoms with Crippen molar-refractivity contribution in [2.75, 3.05) is 0 Å². The molecule has 1 aromatic heterocycles. The minimum Gasteiger partial charge on any atom is -0.465 e. The van der Waals surface area contributed by atoms with Gasteiger partial charge in [-0.05, 0) is 45.5 Å². The lowest BCUT2D eigenvalue weighted by atomic mass is 9.79. The first kappa shape index (κ1) is 24.2. The minimum atomic E-state index is -4.57. The lowest BCUT2D eigenvalue weighted by molar-refractivity contribution is -0.138. The molecule has 1 unspecified atom stereocenters. The van der Waals surface area contributed by atoms with Gasteiger partial charge in [0.05, 0.1) is 22.5 Å². The first-order valence-corrected chi connectivity index (χ1v) is 10.7. The molecule has 2 atom stereocenters. The largest absolute Gasteiger partial charge is 0.465 e. The number of thiophene rings is 1. The van der Waals surface area contributed by atoms with Crippen LogP contribution in [0.5, 0.6) is 0 Å². The summed E-state index contributed by atoms with van der Waals surface area (Å²) in [4.78, 5) is 24.5. The maximum absolute atomic E-state index is 13.5. The van der Waals surface area contributed by atoms with E-state index in [9.17, 15) is 27.9 Å². The third-order valence-electron chi connectivity index (χ3n) is 4.48. The quantitative estimate of drug-likeness (QED) is 0.480. The molecule has 0 saturated heterocycles. The summed E-state index contributed by atoms with van der Waals surface area (Å²) in [7, 11) is 0. The van der Waals surface area contributed by atoms with Crippen LogP contribution in [0.3, 0.4) is 0 Å². The van der Waals surface area contributed by atoms with Crippen molar-refractivity contribution in [2.45, 2.75) is 45.5 Å². The molecule has 10 heteroatoms. The van der Waals surface area contributed by atoms with Gasteiger partial charge in [0.15, 0.2) is 0 Å². The Balaban J connectivity index is 2.45. The molecule has 2 amide bonds. The number of halogens is 4. The normalized spacial score (nSPS) is 14.1. The average Bonchev–Trinajstić information content (AvgIpc) is 3.04. The van der Waals surface area contributed by atoms with Crippen LogP contribution < -0.4 is 10.6 Å². The highest BCUT2D eigenvalue weighted by atomic mass is 79.9. The van der Waals surface area contributed by atoms with E-state index >= 15 is 0 Å². The Morgan fingerprint density at radius 1 is 1.17 bits per heavy atom. The summed E-state index contributed by atoms with van der Waals surface area (Å²) in [6.45, 7) is 5.26. The molecule has 0 bridgehead atoms. The van der Waals surface area contributed by atoms with Crippen molar-refractivity contribution in [1.82, 2.24) is 10.6 Å². The van der Waals surface area contributed by atoms with Crippen LogP contribution in [0.25, 0.3) is 0 Å². The molecule has 0 aliphatic rings. The Morgan fingerprint density at radius 3 is 2.30 bits per heavy atom. The predicted molar refractivity (Wildman–Crippen MR) is 113 cm³/mol. The number of benzene rings is 1. The lowest BCUT2D eigenvalue weighted by Gasteiger charge is -2.37. The molecule has 0 aliphatic carbocycles. The summed E-state index contributed by atoms with van der Waals surface area (Å²) in [6, 6.07) is 4.92. The van der Waals surface area contributed by atoms with Crippen LogP contribution in [-0.2, 0) is 12.6 Å². The second-order valence-corrected chi connectivity index (χ2v) is 9.69. The fourth-order valence-electron chi connectivity index (χ4n) is 3.19. The maximum atomic E-state index is 13.5. The van der Waals surface area contributed by atoms with Crippen LogP contribution in [0, 0.1) is 5.41 Å². The molecule has 0 fully saturated rings. The van der Waals surface area contributed by atoms with Crippen molar-refractivity contribution in [3.05, 3.63) is 56.2 Å². The van der Waals surface area contributed by atoms with Gasteiger partial charge in [-0.3, -0.25) is 4.79 Å². The summed E-state index contributed by atoms with van der Waals surface area (Å²) in [5, 5.41) is 16.1. The molecule has 3 N–H and O–H groups in total. The van der Waals surface area contributed by atoms with Crippen LogP contribution in [0.1, 0.15) is 41.6 Å². The number of rotatable bonds is 6.